The van der Waals surface area contributed by atoms with Gasteiger partial charge in [-0.1, -0.05) is 30.5 Å². The zero-order valence-corrected chi connectivity index (χ0v) is 23.0. The van der Waals surface area contributed by atoms with Gasteiger partial charge in [0.25, 0.3) is 11.4 Å². The van der Waals surface area contributed by atoms with E-state index in [2.05, 4.69) is 5.09 Å². The SMILES string of the molecule is C#CC1(O)C(n2ccc(=O)[nH]c2=O)OC(F)(COP(=O)(NC(C)C(=O)OC2CCCCC2)Oc2ccccc2)C1O. The van der Waals surface area contributed by atoms with E-state index in [-0.39, 0.29) is 11.9 Å². The van der Waals surface area contributed by atoms with Gasteiger partial charge >= 0.3 is 19.4 Å². The number of aromatic nitrogens is 2. The van der Waals surface area contributed by atoms with Gasteiger partial charge in [-0.25, -0.2) is 13.8 Å². The number of aliphatic hydroxyl groups is 2. The molecule has 222 valence electrons. The van der Waals surface area contributed by atoms with Crippen molar-refractivity contribution < 1.29 is 42.5 Å². The van der Waals surface area contributed by atoms with Crippen molar-refractivity contribution in [3.63, 3.8) is 0 Å². The van der Waals surface area contributed by atoms with Crippen LogP contribution < -0.4 is 20.9 Å². The molecule has 1 aliphatic heterocycles. The molecule has 6 atom stereocenters. The van der Waals surface area contributed by atoms with Gasteiger partial charge in [-0.15, -0.1) is 6.42 Å². The largest absolute Gasteiger partial charge is 0.461 e. The number of halogens is 1. The van der Waals surface area contributed by atoms with E-state index in [1.807, 2.05) is 10.9 Å². The first-order valence-corrected chi connectivity index (χ1v) is 14.5. The Balaban J connectivity index is 1.55. The number of carbonyl (C=O) groups is 1. The minimum absolute atomic E-state index is 0.0368. The number of nitrogens with zero attached hydrogens (tertiary/aromatic N) is 1. The second-order valence-corrected chi connectivity index (χ2v) is 11.6. The van der Waals surface area contributed by atoms with Crippen LogP contribution in [-0.2, 0) is 23.4 Å². The molecule has 1 aliphatic carbocycles. The molecule has 1 aromatic heterocycles. The molecular formula is C26H31FN3O10P. The second kappa shape index (κ2) is 12.3. The number of aromatic amines is 1. The highest BCUT2D eigenvalue weighted by Gasteiger charge is 2.65. The van der Waals surface area contributed by atoms with Crippen molar-refractivity contribution in [2.75, 3.05) is 6.61 Å². The van der Waals surface area contributed by atoms with E-state index in [9.17, 15) is 29.2 Å². The number of carbonyl (C=O) groups excluding carboxylic acids is 1. The van der Waals surface area contributed by atoms with Crippen molar-refractivity contribution in [2.24, 2.45) is 0 Å². The number of para-hydroxylation sites is 1. The summed E-state index contributed by atoms with van der Waals surface area (Å²) in [6.45, 7) is 0.0195. The molecule has 1 aromatic carbocycles. The van der Waals surface area contributed by atoms with E-state index in [0.717, 1.165) is 31.5 Å². The van der Waals surface area contributed by atoms with Crippen molar-refractivity contribution in [1.82, 2.24) is 14.6 Å². The first-order valence-electron chi connectivity index (χ1n) is 12.9. The van der Waals surface area contributed by atoms with Gasteiger partial charge in [0.15, 0.2) is 12.3 Å². The Morgan fingerprint density at radius 2 is 1.98 bits per heavy atom. The van der Waals surface area contributed by atoms with Crippen LogP contribution in [0.15, 0.2) is 52.2 Å². The Hall–Kier alpha value is -3.31. The Bertz CT molecular complexity index is 1440. The summed E-state index contributed by atoms with van der Waals surface area (Å²) in [4.78, 5) is 38.4. The molecule has 2 fully saturated rings. The van der Waals surface area contributed by atoms with Crippen molar-refractivity contribution in [1.29, 1.82) is 0 Å². The van der Waals surface area contributed by atoms with Crippen molar-refractivity contribution >= 4 is 13.7 Å². The van der Waals surface area contributed by atoms with Crippen LogP contribution in [0.2, 0.25) is 0 Å². The van der Waals surface area contributed by atoms with E-state index in [4.69, 9.17) is 24.9 Å². The fourth-order valence-corrected chi connectivity index (χ4v) is 6.07. The number of hydrogen-bond donors (Lipinski definition) is 4. The number of aliphatic hydroxyl groups excluding tert-OH is 1. The molecule has 0 spiro atoms. The molecule has 4 rings (SSSR count). The zero-order valence-electron chi connectivity index (χ0n) is 22.1. The van der Waals surface area contributed by atoms with Crippen LogP contribution in [0.1, 0.15) is 45.3 Å². The lowest BCUT2D eigenvalue weighted by atomic mass is 9.94. The van der Waals surface area contributed by atoms with Gasteiger partial charge in [-0.2, -0.15) is 5.09 Å². The molecule has 13 nitrogen and oxygen atoms in total. The molecule has 0 amide bonds. The molecule has 2 aromatic rings. The van der Waals surface area contributed by atoms with E-state index < -0.39 is 61.4 Å². The normalized spacial score (nSPS) is 28.8. The summed E-state index contributed by atoms with van der Waals surface area (Å²) in [6, 6.07) is 7.33. The highest BCUT2D eigenvalue weighted by atomic mass is 31.2. The third-order valence-electron chi connectivity index (χ3n) is 6.78. The number of terminal acetylenes is 1. The minimum atomic E-state index is -4.62. The van der Waals surface area contributed by atoms with Crippen LogP contribution in [0.3, 0.4) is 0 Å². The monoisotopic (exact) mass is 595 g/mol. The number of esters is 1. The number of benzene rings is 1. The van der Waals surface area contributed by atoms with Crippen molar-refractivity contribution in [2.45, 2.75) is 75.0 Å². The van der Waals surface area contributed by atoms with Crippen LogP contribution in [0.4, 0.5) is 4.39 Å². The van der Waals surface area contributed by atoms with Crippen LogP contribution in [0.5, 0.6) is 5.75 Å². The van der Waals surface area contributed by atoms with Gasteiger partial charge < -0.3 is 24.2 Å². The number of ether oxygens (including phenoxy) is 2. The first kappa shape index (κ1) is 30.6. The molecule has 15 heteroatoms. The quantitative estimate of drug-likeness (QED) is 0.178. The predicted octanol–water partition coefficient (Wildman–Crippen LogP) is 1.51. The first-order chi connectivity index (χ1) is 19.4. The molecule has 41 heavy (non-hydrogen) atoms. The van der Waals surface area contributed by atoms with Crippen molar-refractivity contribution in [3.05, 3.63) is 63.4 Å². The summed E-state index contributed by atoms with van der Waals surface area (Å²) in [5.74, 6) is -2.22. The van der Waals surface area contributed by atoms with Gasteiger partial charge in [0.2, 0.25) is 5.60 Å². The average molecular weight is 596 g/mol. The highest BCUT2D eigenvalue weighted by Crippen LogP contribution is 2.50. The molecule has 4 N–H and O–H groups in total. The van der Waals surface area contributed by atoms with Crippen molar-refractivity contribution in [3.8, 4) is 18.1 Å². The molecule has 2 aliphatic rings. The topological polar surface area (TPSA) is 178 Å². The fraction of sp³-hybridized carbons (Fsp3) is 0.500. The molecular weight excluding hydrogens is 564 g/mol. The van der Waals surface area contributed by atoms with Crippen LogP contribution in [0, 0.1) is 12.3 Å². The minimum Gasteiger partial charge on any atom is -0.461 e. The van der Waals surface area contributed by atoms with E-state index in [0.29, 0.717) is 17.4 Å². The molecule has 1 saturated heterocycles. The maximum atomic E-state index is 16.1. The predicted molar refractivity (Wildman–Crippen MR) is 141 cm³/mol. The highest BCUT2D eigenvalue weighted by molar-refractivity contribution is 7.52. The Labute approximate surface area is 234 Å². The number of hydrogen-bond acceptors (Lipinski definition) is 10. The Morgan fingerprint density at radius 1 is 1.29 bits per heavy atom. The lowest BCUT2D eigenvalue weighted by Gasteiger charge is -2.29. The standard InChI is InChI=1S/C26H31FN3O10P/c1-3-25(35)22(33)26(27,39-23(25)30-15-14-20(31)28-24(30)34)16-37-41(36,40-19-12-8-5-9-13-19)29-17(2)21(32)38-18-10-6-4-7-11-18/h1,5,8-9,12-15,17-18,22-23,33,35H,4,6-7,10-11,16H2,2H3,(H,29,36)(H,28,31,34). The van der Waals surface area contributed by atoms with Gasteiger partial charge in [-0.3, -0.25) is 23.7 Å². The summed E-state index contributed by atoms with van der Waals surface area (Å²) in [6.07, 6.45) is 5.68. The van der Waals surface area contributed by atoms with Crippen LogP contribution in [0.25, 0.3) is 0 Å². The lowest BCUT2D eigenvalue weighted by Crippen LogP contribution is -2.51. The van der Waals surface area contributed by atoms with E-state index in [1.165, 1.54) is 19.1 Å². The average Bonchev–Trinajstić information content (AvgIpc) is 3.15. The number of rotatable bonds is 10. The molecule has 0 radical (unpaired) electrons. The Morgan fingerprint density at radius 3 is 2.61 bits per heavy atom. The molecule has 2 heterocycles. The third kappa shape index (κ3) is 6.78. The van der Waals surface area contributed by atoms with Gasteiger partial charge in [-0.05, 0) is 44.7 Å². The third-order valence-corrected chi connectivity index (χ3v) is 8.41. The van der Waals surface area contributed by atoms with Gasteiger partial charge in [0.1, 0.15) is 24.5 Å². The van der Waals surface area contributed by atoms with E-state index in [1.54, 1.807) is 18.2 Å². The van der Waals surface area contributed by atoms with Gasteiger partial charge in [0, 0.05) is 12.3 Å². The van der Waals surface area contributed by atoms with Crippen LogP contribution >= 0.6 is 7.75 Å². The lowest BCUT2D eigenvalue weighted by molar-refractivity contribution is -0.204. The molecule has 0 bridgehead atoms. The van der Waals surface area contributed by atoms with E-state index >= 15 is 4.39 Å². The Kier molecular flexibility index (Phi) is 9.18. The second-order valence-electron chi connectivity index (χ2n) is 9.87. The smallest absolute Gasteiger partial charge is 0.459 e. The summed E-state index contributed by atoms with van der Waals surface area (Å²) < 4.78 is 51.9. The zero-order chi connectivity index (χ0) is 29.8. The summed E-state index contributed by atoms with van der Waals surface area (Å²) >= 11 is 0. The number of H-pyrrole nitrogens is 1. The summed E-state index contributed by atoms with van der Waals surface area (Å²) in [7, 11) is -4.62. The summed E-state index contributed by atoms with van der Waals surface area (Å²) in [5.41, 5.74) is -4.72. The maximum absolute atomic E-state index is 16.1. The fourth-order valence-electron chi connectivity index (χ4n) is 4.57. The van der Waals surface area contributed by atoms with Crippen LogP contribution in [-0.4, -0.2) is 62.0 Å². The maximum Gasteiger partial charge on any atom is 0.459 e. The van der Waals surface area contributed by atoms with Gasteiger partial charge in [0.05, 0.1) is 0 Å². The molecule has 1 saturated carbocycles. The number of nitrogens with one attached hydrogen (secondary N) is 2. The number of alkyl halides is 1. The summed E-state index contributed by atoms with van der Waals surface area (Å²) in [5, 5.41) is 24.0. The molecule has 6 unspecified atom stereocenters.